The molecule has 2 aromatic rings. The molecule has 1 fully saturated rings. The van der Waals surface area contributed by atoms with E-state index in [1.54, 1.807) is 13.0 Å². The molecule has 0 spiro atoms. The van der Waals surface area contributed by atoms with E-state index in [4.69, 9.17) is 9.47 Å². The van der Waals surface area contributed by atoms with Gasteiger partial charge in [0.25, 0.3) is 0 Å². The Morgan fingerprint density at radius 1 is 1.17 bits per heavy atom. The van der Waals surface area contributed by atoms with Crippen molar-refractivity contribution in [2.24, 2.45) is 0 Å². The fraction of sp³-hybridized carbons (Fsp3) is 0.500. The highest BCUT2D eigenvalue weighted by molar-refractivity contribution is 7.92. The summed E-state index contributed by atoms with van der Waals surface area (Å²) in [5, 5.41) is 10.1. The minimum atomic E-state index is -3.38. The van der Waals surface area contributed by atoms with Gasteiger partial charge < -0.3 is 14.4 Å². The van der Waals surface area contributed by atoms with Crippen molar-refractivity contribution in [2.75, 3.05) is 61.4 Å². The molecule has 9 heteroatoms. The molecule has 0 saturated carbocycles. The van der Waals surface area contributed by atoms with Crippen molar-refractivity contribution in [1.29, 1.82) is 5.26 Å². The van der Waals surface area contributed by atoms with E-state index in [0.29, 0.717) is 18.8 Å². The van der Waals surface area contributed by atoms with Gasteiger partial charge in [-0.15, -0.1) is 0 Å². The number of anilines is 2. The molecule has 1 N–H and O–H groups in total. The van der Waals surface area contributed by atoms with Gasteiger partial charge >= 0.3 is 0 Å². The summed E-state index contributed by atoms with van der Waals surface area (Å²) in [5.41, 5.74) is 3.38. The number of hydrogen-bond donors (Lipinski definition) is 1. The number of nitrogens with zero attached hydrogens (tertiary/aromatic N) is 3. The van der Waals surface area contributed by atoms with Crippen molar-refractivity contribution < 1.29 is 17.9 Å². The quantitative estimate of drug-likeness (QED) is 0.499. The summed E-state index contributed by atoms with van der Waals surface area (Å²) in [5.74, 6) is 0.438. The van der Waals surface area contributed by atoms with Gasteiger partial charge in [-0.3, -0.25) is 9.62 Å². The van der Waals surface area contributed by atoms with E-state index in [1.165, 1.54) is 0 Å². The minimum absolute atomic E-state index is 0.00320. The van der Waals surface area contributed by atoms with Gasteiger partial charge in [-0.2, -0.15) is 5.26 Å². The average molecular weight is 499 g/mol. The van der Waals surface area contributed by atoms with Gasteiger partial charge in [-0.1, -0.05) is 18.2 Å². The van der Waals surface area contributed by atoms with Crippen LogP contribution in [0.5, 0.6) is 5.75 Å². The third-order valence-electron chi connectivity index (χ3n) is 6.65. The third kappa shape index (κ3) is 5.89. The summed E-state index contributed by atoms with van der Waals surface area (Å²) in [4.78, 5) is 4.60. The van der Waals surface area contributed by atoms with Crippen LogP contribution in [-0.2, 0) is 14.8 Å². The fourth-order valence-corrected chi connectivity index (χ4v) is 5.48. The summed E-state index contributed by atoms with van der Waals surface area (Å²) in [6.45, 7) is 9.55. The van der Waals surface area contributed by atoms with Crippen LogP contribution >= 0.6 is 0 Å². The van der Waals surface area contributed by atoms with Crippen LogP contribution in [0.2, 0.25) is 0 Å². The van der Waals surface area contributed by atoms with Gasteiger partial charge in [-0.05, 0) is 49.6 Å². The van der Waals surface area contributed by atoms with E-state index in [1.807, 2.05) is 36.4 Å². The van der Waals surface area contributed by atoms with Gasteiger partial charge in [0.05, 0.1) is 43.6 Å². The molecule has 188 valence electrons. The zero-order chi connectivity index (χ0) is 24.8. The standard InChI is InChI=1S/C26H34N4O4S/c1-3-30-25-18-22(34-14-6-11-29-12-15-33-16-13-29)9-10-23(25)24(19-27)26(30)20-7-5-8-21(17-20)28-35(31,32)4-2/h5,7-10,17-18,24,26,28H,3-4,6,11-16H2,1-2H3. The molecule has 0 radical (unpaired) electrons. The number of morpholine rings is 1. The number of fused-ring (bicyclic) bond motifs is 1. The number of sulfonamides is 1. The van der Waals surface area contributed by atoms with Crippen LogP contribution in [0.4, 0.5) is 11.4 Å². The summed E-state index contributed by atoms with van der Waals surface area (Å²) in [6.07, 6.45) is 0.943. The van der Waals surface area contributed by atoms with Crippen LogP contribution in [0.25, 0.3) is 0 Å². The second kappa shape index (κ2) is 11.3. The number of likely N-dealkylation sites (N-methyl/N-ethyl adjacent to an activating group) is 1. The predicted octanol–water partition coefficient (Wildman–Crippen LogP) is 3.74. The lowest BCUT2D eigenvalue weighted by Crippen LogP contribution is -2.37. The maximum absolute atomic E-state index is 12.1. The summed E-state index contributed by atoms with van der Waals surface area (Å²) >= 11 is 0. The highest BCUT2D eigenvalue weighted by Crippen LogP contribution is 2.49. The molecule has 2 unspecified atom stereocenters. The van der Waals surface area contributed by atoms with Gasteiger partial charge in [0.15, 0.2) is 0 Å². The normalized spacial score (nSPS) is 20.3. The molecule has 2 aromatic carbocycles. The highest BCUT2D eigenvalue weighted by Gasteiger charge is 2.39. The molecule has 2 heterocycles. The average Bonchev–Trinajstić information content (AvgIpc) is 3.20. The van der Waals surface area contributed by atoms with Gasteiger partial charge in [0.1, 0.15) is 5.75 Å². The Labute approximate surface area is 208 Å². The van der Waals surface area contributed by atoms with Gasteiger partial charge in [0, 0.05) is 43.6 Å². The van der Waals surface area contributed by atoms with Crippen LogP contribution in [0, 0.1) is 11.3 Å². The minimum Gasteiger partial charge on any atom is -0.493 e. The van der Waals surface area contributed by atoms with Crippen LogP contribution in [0.15, 0.2) is 42.5 Å². The molecule has 35 heavy (non-hydrogen) atoms. The van der Waals surface area contributed by atoms with Gasteiger partial charge in [-0.25, -0.2) is 8.42 Å². The topological polar surface area (TPSA) is 94.9 Å². The molecule has 2 aliphatic heterocycles. The molecule has 4 rings (SSSR count). The number of rotatable bonds is 10. The molecular weight excluding hydrogens is 464 g/mol. The van der Waals surface area contributed by atoms with Gasteiger partial charge in [0.2, 0.25) is 10.0 Å². The zero-order valence-corrected chi connectivity index (χ0v) is 21.3. The Morgan fingerprint density at radius 2 is 1.97 bits per heavy atom. The van der Waals surface area contributed by atoms with Crippen LogP contribution < -0.4 is 14.4 Å². The van der Waals surface area contributed by atoms with Crippen LogP contribution in [-0.4, -0.2) is 65.1 Å². The van der Waals surface area contributed by atoms with Crippen molar-refractivity contribution in [1.82, 2.24) is 4.90 Å². The first-order chi connectivity index (χ1) is 17.0. The van der Waals surface area contributed by atoms with Crippen molar-refractivity contribution in [3.8, 4) is 11.8 Å². The number of ether oxygens (including phenoxy) is 2. The van der Waals surface area contributed by atoms with Crippen molar-refractivity contribution in [2.45, 2.75) is 32.2 Å². The molecule has 0 bridgehead atoms. The lowest BCUT2D eigenvalue weighted by molar-refractivity contribution is 0.0358. The number of nitrogens with one attached hydrogen (secondary N) is 1. The smallest absolute Gasteiger partial charge is 0.232 e. The number of hydrogen-bond acceptors (Lipinski definition) is 7. The molecule has 0 amide bonds. The lowest BCUT2D eigenvalue weighted by Gasteiger charge is -2.28. The SMILES string of the molecule is CCN1c2cc(OCCCN3CCOCC3)ccc2C(C#N)C1c1cccc(NS(=O)(=O)CC)c1. The first-order valence-corrected chi connectivity index (χ1v) is 13.9. The Kier molecular flexibility index (Phi) is 8.16. The van der Waals surface area contributed by atoms with E-state index < -0.39 is 10.0 Å². The maximum atomic E-state index is 12.1. The summed E-state index contributed by atoms with van der Waals surface area (Å²) in [7, 11) is -3.38. The first kappa shape index (κ1) is 25.3. The fourth-order valence-electron chi connectivity index (χ4n) is 4.85. The van der Waals surface area contributed by atoms with E-state index in [0.717, 1.165) is 61.8 Å². The third-order valence-corrected chi connectivity index (χ3v) is 7.96. The number of benzene rings is 2. The Morgan fingerprint density at radius 3 is 2.69 bits per heavy atom. The second-order valence-corrected chi connectivity index (χ2v) is 10.9. The Hall–Kier alpha value is -2.80. The summed E-state index contributed by atoms with van der Waals surface area (Å²) < 4.78 is 38.2. The molecule has 2 aliphatic rings. The predicted molar refractivity (Wildman–Crippen MR) is 137 cm³/mol. The maximum Gasteiger partial charge on any atom is 0.232 e. The van der Waals surface area contributed by atoms with Crippen LogP contribution in [0.3, 0.4) is 0 Å². The van der Waals surface area contributed by atoms with E-state index in [9.17, 15) is 13.7 Å². The van der Waals surface area contributed by atoms with Crippen molar-refractivity contribution >= 4 is 21.4 Å². The first-order valence-electron chi connectivity index (χ1n) is 12.3. The van der Waals surface area contributed by atoms with E-state index in [2.05, 4.69) is 27.5 Å². The van der Waals surface area contributed by atoms with Crippen molar-refractivity contribution in [3.63, 3.8) is 0 Å². The molecular formula is C26H34N4O4S. The molecule has 2 atom stereocenters. The second-order valence-electron chi connectivity index (χ2n) is 8.85. The monoisotopic (exact) mass is 498 g/mol. The molecule has 0 aromatic heterocycles. The Bertz CT molecular complexity index is 1160. The molecule has 0 aliphatic carbocycles. The molecule has 8 nitrogen and oxygen atoms in total. The van der Waals surface area contributed by atoms with E-state index in [-0.39, 0.29) is 17.7 Å². The van der Waals surface area contributed by atoms with E-state index >= 15 is 0 Å². The molecule has 1 saturated heterocycles. The zero-order valence-electron chi connectivity index (χ0n) is 20.4. The van der Waals surface area contributed by atoms with Crippen LogP contribution in [0.1, 0.15) is 43.4 Å². The Balaban J connectivity index is 1.49. The summed E-state index contributed by atoms with van der Waals surface area (Å²) in [6, 6.07) is 15.6. The number of nitriles is 1. The lowest BCUT2D eigenvalue weighted by atomic mass is 9.91. The highest BCUT2D eigenvalue weighted by atomic mass is 32.2. The largest absolute Gasteiger partial charge is 0.493 e. The van der Waals surface area contributed by atoms with Crippen molar-refractivity contribution in [3.05, 3.63) is 53.6 Å².